The van der Waals surface area contributed by atoms with Gasteiger partial charge in [-0.1, -0.05) is 34.6 Å². The van der Waals surface area contributed by atoms with Gasteiger partial charge in [-0.15, -0.1) is 0 Å². The van der Waals surface area contributed by atoms with Crippen LogP contribution in [0, 0.1) is 23.2 Å². The van der Waals surface area contributed by atoms with Gasteiger partial charge in [0.05, 0.1) is 11.9 Å². The van der Waals surface area contributed by atoms with E-state index in [1.54, 1.807) is 6.20 Å². The van der Waals surface area contributed by atoms with Crippen LogP contribution in [-0.2, 0) is 11.3 Å². The lowest BCUT2D eigenvalue weighted by Crippen LogP contribution is -2.48. The second kappa shape index (κ2) is 8.17. The Balaban J connectivity index is 2.17. The van der Waals surface area contributed by atoms with Crippen molar-refractivity contribution in [1.82, 2.24) is 15.1 Å². The SMILES string of the molecule is C[C@@H]1[C@@H](C)C(C)(C)[C@@H](C)C[C@H]1Nc1cnn(CC(=O)NC(C)(C)C)c(=O)c1Br. The molecule has 2 N–H and O–H groups in total. The van der Waals surface area contributed by atoms with Gasteiger partial charge in [-0.3, -0.25) is 9.59 Å². The Kier molecular flexibility index (Phi) is 6.68. The molecular weight excluding hydrogens is 420 g/mol. The lowest BCUT2D eigenvalue weighted by molar-refractivity contribution is -0.123. The standard InChI is InChI=1S/C21H35BrN4O2/c1-12-9-15(13(2)14(3)21(12,7)8)24-16-10-23-26(19(28)18(16)22)11-17(27)25-20(4,5)6/h10,12-15,24H,9,11H2,1-8H3,(H,25,27)/t12-,13+,14+,15+/m0/s1. The molecule has 1 aromatic rings. The quantitative estimate of drug-likeness (QED) is 0.719. The molecule has 2 rings (SSSR count). The molecule has 0 bridgehead atoms. The van der Waals surface area contributed by atoms with Crippen LogP contribution in [-0.4, -0.2) is 27.3 Å². The molecule has 7 heteroatoms. The molecule has 1 aromatic heterocycles. The van der Waals surface area contributed by atoms with E-state index in [1.165, 1.54) is 4.68 Å². The molecule has 4 atom stereocenters. The van der Waals surface area contributed by atoms with Crippen LogP contribution in [0.4, 0.5) is 5.69 Å². The molecule has 158 valence electrons. The summed E-state index contributed by atoms with van der Waals surface area (Å²) in [6, 6.07) is 0.274. The summed E-state index contributed by atoms with van der Waals surface area (Å²) < 4.78 is 1.61. The van der Waals surface area contributed by atoms with E-state index in [1.807, 2.05) is 20.8 Å². The minimum Gasteiger partial charge on any atom is -0.380 e. The Morgan fingerprint density at radius 2 is 1.93 bits per heavy atom. The molecule has 1 aliphatic carbocycles. The van der Waals surface area contributed by atoms with E-state index >= 15 is 0 Å². The molecule has 0 saturated heterocycles. The van der Waals surface area contributed by atoms with E-state index in [9.17, 15) is 9.59 Å². The molecule has 0 aliphatic heterocycles. The fourth-order valence-corrected chi connectivity index (χ4v) is 4.46. The molecule has 0 spiro atoms. The lowest BCUT2D eigenvalue weighted by Gasteiger charge is -2.50. The van der Waals surface area contributed by atoms with Crippen molar-refractivity contribution < 1.29 is 4.79 Å². The second-order valence-corrected chi connectivity index (χ2v) is 10.8. The Morgan fingerprint density at radius 1 is 1.32 bits per heavy atom. The Labute approximate surface area is 177 Å². The highest BCUT2D eigenvalue weighted by molar-refractivity contribution is 9.10. The molecule has 1 heterocycles. The van der Waals surface area contributed by atoms with Crippen LogP contribution in [0.5, 0.6) is 0 Å². The molecule has 28 heavy (non-hydrogen) atoms. The lowest BCUT2D eigenvalue weighted by atomic mass is 9.58. The van der Waals surface area contributed by atoms with Crippen LogP contribution >= 0.6 is 15.9 Å². The van der Waals surface area contributed by atoms with Gasteiger partial charge in [0.2, 0.25) is 5.91 Å². The number of nitrogens with one attached hydrogen (secondary N) is 2. The van der Waals surface area contributed by atoms with E-state index in [-0.39, 0.29) is 35.0 Å². The topological polar surface area (TPSA) is 76.0 Å². The molecular formula is C21H35BrN4O2. The third-order valence-electron chi connectivity index (χ3n) is 6.61. The van der Waals surface area contributed by atoms with Crippen molar-refractivity contribution in [2.24, 2.45) is 23.2 Å². The first kappa shape index (κ1) is 22.9. The summed E-state index contributed by atoms with van der Waals surface area (Å²) in [4.78, 5) is 24.8. The molecule has 0 unspecified atom stereocenters. The number of carbonyl (C=O) groups is 1. The van der Waals surface area contributed by atoms with Crippen molar-refractivity contribution in [1.29, 1.82) is 0 Å². The van der Waals surface area contributed by atoms with Crippen LogP contribution in [0.1, 0.15) is 61.8 Å². The minimum atomic E-state index is -0.350. The molecule has 1 saturated carbocycles. The first-order valence-corrected chi connectivity index (χ1v) is 10.9. The number of hydrogen-bond donors (Lipinski definition) is 2. The van der Waals surface area contributed by atoms with Gasteiger partial charge in [-0.2, -0.15) is 5.10 Å². The molecule has 1 amide bonds. The highest BCUT2D eigenvalue weighted by Gasteiger charge is 2.43. The zero-order valence-corrected chi connectivity index (χ0v) is 20.0. The number of aromatic nitrogens is 2. The third kappa shape index (κ3) is 4.97. The number of nitrogens with zero attached hydrogens (tertiary/aromatic N) is 2. The summed E-state index contributed by atoms with van der Waals surface area (Å²) in [6.45, 7) is 17.2. The zero-order valence-electron chi connectivity index (χ0n) is 18.4. The average Bonchev–Trinajstić information content (AvgIpc) is 2.56. The largest absolute Gasteiger partial charge is 0.380 e. The third-order valence-corrected chi connectivity index (χ3v) is 7.37. The molecule has 1 fully saturated rings. The van der Waals surface area contributed by atoms with Gasteiger partial charge in [0.15, 0.2) is 0 Å². The van der Waals surface area contributed by atoms with Crippen LogP contribution in [0.25, 0.3) is 0 Å². The van der Waals surface area contributed by atoms with Crippen molar-refractivity contribution in [2.75, 3.05) is 5.32 Å². The maximum Gasteiger partial charge on any atom is 0.283 e. The van der Waals surface area contributed by atoms with Crippen LogP contribution in [0.2, 0.25) is 0 Å². The second-order valence-electron chi connectivity index (χ2n) is 9.99. The van der Waals surface area contributed by atoms with Crippen LogP contribution in [0.15, 0.2) is 15.5 Å². The monoisotopic (exact) mass is 454 g/mol. The first-order valence-electron chi connectivity index (χ1n) is 10.1. The average molecular weight is 455 g/mol. The summed E-state index contributed by atoms with van der Waals surface area (Å²) in [5.41, 5.74) is 0.321. The summed E-state index contributed by atoms with van der Waals surface area (Å²) in [5.74, 6) is 1.37. The smallest absolute Gasteiger partial charge is 0.283 e. The summed E-state index contributed by atoms with van der Waals surface area (Å²) in [7, 11) is 0. The van der Waals surface area contributed by atoms with E-state index in [0.717, 1.165) is 6.42 Å². The van der Waals surface area contributed by atoms with E-state index in [2.05, 4.69) is 66.3 Å². The zero-order chi connectivity index (χ0) is 21.4. The number of amides is 1. The maximum absolute atomic E-state index is 12.7. The van der Waals surface area contributed by atoms with Crippen molar-refractivity contribution in [2.45, 2.75) is 79.9 Å². The van der Waals surface area contributed by atoms with Crippen LogP contribution < -0.4 is 16.2 Å². The van der Waals surface area contributed by atoms with Crippen molar-refractivity contribution >= 4 is 27.5 Å². The van der Waals surface area contributed by atoms with Gasteiger partial charge < -0.3 is 10.6 Å². The summed E-state index contributed by atoms with van der Waals surface area (Å²) in [5, 5.41) is 10.6. The van der Waals surface area contributed by atoms with Gasteiger partial charge >= 0.3 is 0 Å². The normalized spacial score (nSPS) is 27.3. The van der Waals surface area contributed by atoms with Gasteiger partial charge in [-0.25, -0.2) is 4.68 Å². The van der Waals surface area contributed by atoms with E-state index < -0.39 is 0 Å². The number of rotatable bonds is 4. The summed E-state index contributed by atoms with van der Waals surface area (Å²) >= 11 is 3.41. The van der Waals surface area contributed by atoms with Crippen molar-refractivity contribution in [3.05, 3.63) is 21.0 Å². The minimum absolute atomic E-state index is 0.100. The Morgan fingerprint density at radius 3 is 2.50 bits per heavy atom. The summed E-state index contributed by atoms with van der Waals surface area (Å²) in [6.07, 6.45) is 2.68. The number of hydrogen-bond acceptors (Lipinski definition) is 4. The Hall–Kier alpha value is -1.37. The van der Waals surface area contributed by atoms with Gasteiger partial charge in [0.1, 0.15) is 11.0 Å². The van der Waals surface area contributed by atoms with Gasteiger partial charge in [0, 0.05) is 11.6 Å². The molecule has 6 nitrogen and oxygen atoms in total. The van der Waals surface area contributed by atoms with Crippen molar-refractivity contribution in [3.63, 3.8) is 0 Å². The predicted octanol–water partition coefficient (Wildman–Crippen LogP) is 4.04. The maximum atomic E-state index is 12.7. The highest BCUT2D eigenvalue weighted by atomic mass is 79.9. The molecule has 0 radical (unpaired) electrons. The number of carbonyl (C=O) groups excluding carboxylic acids is 1. The van der Waals surface area contributed by atoms with Crippen LogP contribution in [0.3, 0.4) is 0 Å². The van der Waals surface area contributed by atoms with Gasteiger partial charge in [0.25, 0.3) is 5.56 Å². The first-order chi connectivity index (χ1) is 12.7. The number of anilines is 1. The Bertz CT molecular complexity index is 782. The van der Waals surface area contributed by atoms with E-state index in [4.69, 9.17) is 0 Å². The number of halogens is 1. The highest BCUT2D eigenvalue weighted by Crippen LogP contribution is 2.48. The molecule has 0 aromatic carbocycles. The van der Waals surface area contributed by atoms with Crippen molar-refractivity contribution in [3.8, 4) is 0 Å². The fourth-order valence-electron chi connectivity index (χ4n) is 4.04. The molecule has 1 aliphatic rings. The fraction of sp³-hybridized carbons (Fsp3) is 0.762. The van der Waals surface area contributed by atoms with Gasteiger partial charge in [-0.05, 0) is 66.3 Å². The van der Waals surface area contributed by atoms with E-state index in [0.29, 0.717) is 27.9 Å². The predicted molar refractivity (Wildman–Crippen MR) is 117 cm³/mol.